The molecule has 23 heavy (non-hydrogen) atoms. The molecular weight excluding hydrogens is 320 g/mol. The van der Waals surface area contributed by atoms with Gasteiger partial charge in [-0.25, -0.2) is 8.42 Å². The van der Waals surface area contributed by atoms with Crippen LogP contribution in [0.4, 0.5) is 5.69 Å². The summed E-state index contributed by atoms with van der Waals surface area (Å²) in [6, 6.07) is 9.15. The summed E-state index contributed by atoms with van der Waals surface area (Å²) in [4.78, 5) is 22.0. The number of carbonyl (C=O) groups excluding carboxylic acids is 2. The fourth-order valence-electron chi connectivity index (χ4n) is 1.96. The van der Waals surface area contributed by atoms with Crippen LogP contribution in [0.25, 0.3) is 0 Å². The van der Waals surface area contributed by atoms with Crippen molar-refractivity contribution in [2.24, 2.45) is 5.73 Å². The molecular formula is C15H13N2O5S-. The SMILES string of the molecule is Cc1ccc(S(=O)(=O)Nc2cccc(C(=O)[O-])c2)cc1C(N)=O. The van der Waals surface area contributed by atoms with Gasteiger partial charge in [-0.2, -0.15) is 0 Å². The van der Waals surface area contributed by atoms with Crippen LogP contribution in [0.15, 0.2) is 47.4 Å². The molecule has 3 N–H and O–H groups in total. The zero-order valence-electron chi connectivity index (χ0n) is 12.1. The Morgan fingerprint density at radius 2 is 1.83 bits per heavy atom. The number of carboxylic acids is 1. The molecule has 0 heterocycles. The van der Waals surface area contributed by atoms with E-state index in [1.807, 2.05) is 0 Å². The van der Waals surface area contributed by atoms with E-state index in [1.54, 1.807) is 6.92 Å². The first kappa shape index (κ1) is 16.5. The van der Waals surface area contributed by atoms with Crippen LogP contribution in [0.1, 0.15) is 26.3 Å². The molecule has 0 saturated carbocycles. The molecule has 0 atom stereocenters. The molecule has 0 unspecified atom stereocenters. The Morgan fingerprint density at radius 3 is 2.43 bits per heavy atom. The highest BCUT2D eigenvalue weighted by Gasteiger charge is 2.17. The number of nitrogens with one attached hydrogen (secondary N) is 1. The maximum Gasteiger partial charge on any atom is 0.261 e. The maximum absolute atomic E-state index is 12.3. The van der Waals surface area contributed by atoms with Crippen molar-refractivity contribution in [2.75, 3.05) is 4.72 Å². The van der Waals surface area contributed by atoms with Gasteiger partial charge in [-0.15, -0.1) is 0 Å². The molecule has 0 radical (unpaired) electrons. The number of aromatic carboxylic acids is 1. The zero-order valence-corrected chi connectivity index (χ0v) is 12.9. The third-order valence-electron chi connectivity index (χ3n) is 3.14. The summed E-state index contributed by atoms with van der Waals surface area (Å²) in [6.07, 6.45) is 0. The highest BCUT2D eigenvalue weighted by atomic mass is 32.2. The zero-order chi connectivity index (χ0) is 17.2. The lowest BCUT2D eigenvalue weighted by molar-refractivity contribution is -0.255. The lowest BCUT2D eigenvalue weighted by Crippen LogP contribution is -2.22. The molecule has 0 aliphatic carbocycles. The largest absolute Gasteiger partial charge is 0.545 e. The van der Waals surface area contributed by atoms with E-state index in [0.717, 1.165) is 6.07 Å². The summed E-state index contributed by atoms with van der Waals surface area (Å²) in [7, 11) is -4.00. The van der Waals surface area contributed by atoms with Crippen LogP contribution in [0.2, 0.25) is 0 Å². The minimum Gasteiger partial charge on any atom is -0.545 e. The average molecular weight is 333 g/mol. The topological polar surface area (TPSA) is 129 Å². The van der Waals surface area contributed by atoms with Gasteiger partial charge >= 0.3 is 0 Å². The number of rotatable bonds is 5. The second-order valence-electron chi connectivity index (χ2n) is 4.81. The standard InChI is InChI=1S/C15H14N2O5S/c1-9-5-6-12(8-13(9)14(16)18)23(21,22)17-11-4-2-3-10(7-11)15(19)20/h2-8,17H,1H3,(H2,16,18)(H,19,20)/p-1. The van der Waals surface area contributed by atoms with Gasteiger partial charge in [-0.1, -0.05) is 18.2 Å². The van der Waals surface area contributed by atoms with Crippen molar-refractivity contribution in [1.29, 1.82) is 0 Å². The van der Waals surface area contributed by atoms with E-state index >= 15 is 0 Å². The molecule has 2 aromatic carbocycles. The predicted molar refractivity (Wildman–Crippen MR) is 81.3 cm³/mol. The Balaban J connectivity index is 2.40. The van der Waals surface area contributed by atoms with Crippen LogP contribution in [0.3, 0.4) is 0 Å². The number of nitrogens with two attached hydrogens (primary N) is 1. The van der Waals surface area contributed by atoms with Crippen molar-refractivity contribution in [3.05, 3.63) is 59.2 Å². The van der Waals surface area contributed by atoms with Crippen molar-refractivity contribution >= 4 is 27.6 Å². The average Bonchev–Trinajstić information content (AvgIpc) is 2.46. The Hall–Kier alpha value is -2.87. The van der Waals surface area contributed by atoms with Crippen LogP contribution in [0.5, 0.6) is 0 Å². The summed E-state index contributed by atoms with van der Waals surface area (Å²) in [6.45, 7) is 1.63. The van der Waals surface area contributed by atoms with Crippen LogP contribution < -0.4 is 15.6 Å². The molecule has 1 amide bonds. The molecule has 7 nitrogen and oxygen atoms in total. The number of hydrogen-bond donors (Lipinski definition) is 2. The van der Waals surface area contributed by atoms with Crippen molar-refractivity contribution in [2.45, 2.75) is 11.8 Å². The van der Waals surface area contributed by atoms with Crippen molar-refractivity contribution in [3.8, 4) is 0 Å². The number of amides is 1. The van der Waals surface area contributed by atoms with Crippen LogP contribution >= 0.6 is 0 Å². The quantitative estimate of drug-likeness (QED) is 0.810. The second-order valence-corrected chi connectivity index (χ2v) is 6.50. The van der Waals surface area contributed by atoms with E-state index in [0.29, 0.717) is 5.56 Å². The van der Waals surface area contributed by atoms with Gasteiger partial charge in [0.05, 0.1) is 10.9 Å². The lowest BCUT2D eigenvalue weighted by Gasteiger charge is -2.11. The second kappa shape index (κ2) is 6.09. The molecule has 0 bridgehead atoms. The first-order valence-corrected chi connectivity index (χ1v) is 7.94. The lowest BCUT2D eigenvalue weighted by atomic mass is 10.1. The highest BCUT2D eigenvalue weighted by Crippen LogP contribution is 2.19. The van der Waals surface area contributed by atoms with E-state index < -0.39 is 21.9 Å². The number of benzene rings is 2. The van der Waals surface area contributed by atoms with E-state index in [4.69, 9.17) is 5.73 Å². The number of anilines is 1. The minimum atomic E-state index is -4.00. The van der Waals surface area contributed by atoms with Crippen LogP contribution in [-0.2, 0) is 10.0 Å². The third-order valence-corrected chi connectivity index (χ3v) is 4.51. The summed E-state index contributed by atoms with van der Waals surface area (Å²) in [5, 5.41) is 10.8. The fourth-order valence-corrected chi connectivity index (χ4v) is 3.03. The Kier molecular flexibility index (Phi) is 4.37. The van der Waals surface area contributed by atoms with Gasteiger partial charge in [0.25, 0.3) is 10.0 Å². The number of carboxylic acid groups (broad SMARTS) is 1. The molecule has 2 rings (SSSR count). The molecule has 0 aliphatic rings. The first-order valence-electron chi connectivity index (χ1n) is 6.45. The number of sulfonamides is 1. The smallest absolute Gasteiger partial charge is 0.261 e. The fraction of sp³-hybridized carbons (Fsp3) is 0.0667. The summed E-state index contributed by atoms with van der Waals surface area (Å²) >= 11 is 0. The Morgan fingerprint density at radius 1 is 1.13 bits per heavy atom. The third kappa shape index (κ3) is 3.67. The monoisotopic (exact) mass is 333 g/mol. The molecule has 0 fully saturated rings. The van der Waals surface area contributed by atoms with Gasteiger partial charge in [-0.3, -0.25) is 9.52 Å². The van der Waals surface area contributed by atoms with Gasteiger partial charge in [-0.05, 0) is 42.3 Å². The highest BCUT2D eigenvalue weighted by molar-refractivity contribution is 7.92. The van der Waals surface area contributed by atoms with E-state index in [-0.39, 0.29) is 21.7 Å². The number of primary amides is 1. The number of aryl methyl sites for hydroxylation is 1. The van der Waals surface area contributed by atoms with E-state index in [2.05, 4.69) is 4.72 Å². The molecule has 0 aliphatic heterocycles. The first-order chi connectivity index (χ1) is 10.7. The molecule has 120 valence electrons. The summed E-state index contributed by atoms with van der Waals surface area (Å²) in [5.74, 6) is -2.16. The normalized spacial score (nSPS) is 11.0. The summed E-state index contributed by atoms with van der Waals surface area (Å²) in [5.41, 5.74) is 5.75. The predicted octanol–water partition coefficient (Wildman–Crippen LogP) is 0.258. The van der Waals surface area contributed by atoms with Gasteiger partial charge in [0.1, 0.15) is 0 Å². The minimum absolute atomic E-state index is 0.0629. The Bertz CT molecular complexity index is 890. The van der Waals surface area contributed by atoms with Crippen LogP contribution in [0, 0.1) is 6.92 Å². The van der Waals surface area contributed by atoms with Crippen LogP contribution in [-0.4, -0.2) is 20.3 Å². The van der Waals surface area contributed by atoms with Gasteiger partial charge < -0.3 is 15.6 Å². The number of hydrogen-bond acceptors (Lipinski definition) is 5. The molecule has 0 aromatic heterocycles. The van der Waals surface area contributed by atoms with Crippen molar-refractivity contribution in [1.82, 2.24) is 0 Å². The van der Waals surface area contributed by atoms with Gasteiger partial charge in [0, 0.05) is 11.3 Å². The number of carbonyl (C=O) groups is 2. The van der Waals surface area contributed by atoms with Crippen molar-refractivity contribution in [3.63, 3.8) is 0 Å². The molecule has 2 aromatic rings. The van der Waals surface area contributed by atoms with Gasteiger partial charge in [0.2, 0.25) is 5.91 Å². The van der Waals surface area contributed by atoms with Crippen molar-refractivity contribution < 1.29 is 23.1 Å². The summed E-state index contributed by atoms with van der Waals surface area (Å²) < 4.78 is 26.9. The molecule has 0 spiro atoms. The van der Waals surface area contributed by atoms with E-state index in [1.165, 1.54) is 36.4 Å². The van der Waals surface area contributed by atoms with E-state index in [9.17, 15) is 23.1 Å². The Labute approximate surface area is 132 Å². The molecule has 8 heteroatoms. The van der Waals surface area contributed by atoms with Gasteiger partial charge in [0.15, 0.2) is 0 Å². The maximum atomic E-state index is 12.3. The molecule has 0 saturated heterocycles.